The number of aryl methyl sites for hydroxylation is 4. The van der Waals surface area contributed by atoms with Crippen molar-refractivity contribution < 1.29 is 4.52 Å². The molecule has 2 heterocycles. The second-order valence-corrected chi connectivity index (χ2v) is 7.06. The third-order valence-electron chi connectivity index (χ3n) is 5.05. The van der Waals surface area contributed by atoms with Crippen LogP contribution in [0.3, 0.4) is 0 Å². The van der Waals surface area contributed by atoms with Gasteiger partial charge in [-0.05, 0) is 25.3 Å². The molecule has 3 rings (SSSR count). The quantitative estimate of drug-likeness (QED) is 0.232. The Hall–Kier alpha value is -2.36. The zero-order valence-corrected chi connectivity index (χ0v) is 20.9. The van der Waals surface area contributed by atoms with Crippen molar-refractivity contribution in [1.82, 2.24) is 25.3 Å². The molecule has 0 saturated heterocycles. The molecule has 0 bridgehead atoms. The number of halogens is 1. The van der Waals surface area contributed by atoms with E-state index in [2.05, 4.69) is 70.4 Å². The number of aliphatic imine (C=N–C) groups is 1. The molecule has 0 aliphatic heterocycles. The molecule has 2 aromatic heterocycles. The number of hydrogen-bond acceptors (Lipinski definition) is 4. The molecule has 0 spiro atoms. The van der Waals surface area contributed by atoms with Crippen molar-refractivity contribution in [1.29, 1.82) is 0 Å². The first-order chi connectivity index (χ1) is 14.7. The number of hydrogen-bond donors (Lipinski definition) is 2. The van der Waals surface area contributed by atoms with Crippen molar-refractivity contribution in [3.63, 3.8) is 0 Å². The van der Waals surface area contributed by atoms with E-state index in [1.807, 2.05) is 18.5 Å². The van der Waals surface area contributed by atoms with Crippen molar-refractivity contribution in [3.05, 3.63) is 71.1 Å². The average Bonchev–Trinajstić information content (AvgIpc) is 3.40. The van der Waals surface area contributed by atoms with Gasteiger partial charge < -0.3 is 19.7 Å². The summed E-state index contributed by atoms with van der Waals surface area (Å²) in [7, 11) is 0. The van der Waals surface area contributed by atoms with Gasteiger partial charge in [0.05, 0.1) is 18.8 Å². The number of guanidine groups is 1. The van der Waals surface area contributed by atoms with E-state index in [9.17, 15) is 0 Å². The van der Waals surface area contributed by atoms with E-state index in [-0.39, 0.29) is 24.0 Å². The molecular formula is C23H33IN6O. The van der Waals surface area contributed by atoms with Crippen LogP contribution in [-0.4, -0.2) is 27.2 Å². The van der Waals surface area contributed by atoms with Crippen LogP contribution in [0.4, 0.5) is 0 Å². The monoisotopic (exact) mass is 536 g/mol. The summed E-state index contributed by atoms with van der Waals surface area (Å²) in [5.74, 6) is 2.67. The highest BCUT2D eigenvalue weighted by atomic mass is 127. The summed E-state index contributed by atoms with van der Waals surface area (Å²) >= 11 is 0. The van der Waals surface area contributed by atoms with E-state index in [1.54, 1.807) is 0 Å². The zero-order valence-electron chi connectivity index (χ0n) is 18.6. The van der Waals surface area contributed by atoms with Gasteiger partial charge in [-0.2, -0.15) is 0 Å². The molecule has 0 radical (unpaired) electrons. The first-order valence-electron chi connectivity index (χ1n) is 10.8. The Morgan fingerprint density at radius 2 is 1.90 bits per heavy atom. The molecular weight excluding hydrogens is 503 g/mol. The summed E-state index contributed by atoms with van der Waals surface area (Å²) in [5, 5.41) is 10.9. The van der Waals surface area contributed by atoms with Gasteiger partial charge in [0, 0.05) is 37.5 Å². The van der Waals surface area contributed by atoms with Crippen LogP contribution in [0.25, 0.3) is 0 Å². The smallest absolute Gasteiger partial charge is 0.191 e. The molecule has 8 heteroatoms. The average molecular weight is 536 g/mol. The maximum absolute atomic E-state index is 5.45. The molecule has 0 aliphatic carbocycles. The summed E-state index contributed by atoms with van der Waals surface area (Å²) < 4.78 is 7.64. The third kappa shape index (κ3) is 7.09. The topological polar surface area (TPSA) is 80.3 Å². The predicted molar refractivity (Wildman–Crippen MR) is 135 cm³/mol. The van der Waals surface area contributed by atoms with Crippen molar-refractivity contribution in [2.24, 2.45) is 4.99 Å². The molecule has 0 amide bonds. The van der Waals surface area contributed by atoms with Gasteiger partial charge in [0.2, 0.25) is 0 Å². The lowest BCUT2D eigenvalue weighted by Crippen LogP contribution is -2.37. The molecule has 0 fully saturated rings. The Labute approximate surface area is 201 Å². The molecule has 168 valence electrons. The first-order valence-corrected chi connectivity index (χ1v) is 10.8. The number of nitrogens with one attached hydrogen (secondary N) is 2. The van der Waals surface area contributed by atoms with E-state index in [4.69, 9.17) is 9.52 Å². The predicted octanol–water partition coefficient (Wildman–Crippen LogP) is 4.11. The Morgan fingerprint density at radius 3 is 2.61 bits per heavy atom. The Morgan fingerprint density at radius 1 is 1.10 bits per heavy atom. The van der Waals surface area contributed by atoms with E-state index in [0.717, 1.165) is 61.2 Å². The molecule has 0 atom stereocenters. The second-order valence-electron chi connectivity index (χ2n) is 7.06. The van der Waals surface area contributed by atoms with E-state index >= 15 is 0 Å². The lowest BCUT2D eigenvalue weighted by molar-refractivity contribution is 0.380. The van der Waals surface area contributed by atoms with Crippen LogP contribution in [-0.2, 0) is 38.9 Å². The van der Waals surface area contributed by atoms with Crippen LogP contribution in [0, 0.1) is 0 Å². The SMILES string of the molecule is CCNC(=NCc1c(CC)noc1CC)NCc1nccn1CCc1ccccc1.I. The van der Waals surface area contributed by atoms with E-state index in [0.29, 0.717) is 13.1 Å². The second kappa shape index (κ2) is 13.1. The molecule has 1 aromatic carbocycles. The molecule has 31 heavy (non-hydrogen) atoms. The highest BCUT2D eigenvalue weighted by molar-refractivity contribution is 14.0. The van der Waals surface area contributed by atoms with Crippen molar-refractivity contribution >= 4 is 29.9 Å². The minimum atomic E-state index is 0. The summed E-state index contributed by atoms with van der Waals surface area (Å²) in [5.41, 5.74) is 3.41. The third-order valence-corrected chi connectivity index (χ3v) is 5.05. The van der Waals surface area contributed by atoms with Gasteiger partial charge in [0.25, 0.3) is 0 Å². The van der Waals surface area contributed by atoms with Crippen molar-refractivity contribution in [2.45, 2.75) is 59.7 Å². The number of aromatic nitrogens is 3. The van der Waals surface area contributed by atoms with Crippen LogP contribution in [0.15, 0.2) is 52.2 Å². The molecule has 3 aromatic rings. The number of imidazole rings is 1. The number of nitrogens with zero attached hydrogens (tertiary/aromatic N) is 4. The Balaban J connectivity index is 0.00000341. The summed E-state index contributed by atoms with van der Waals surface area (Å²) in [6, 6.07) is 10.5. The van der Waals surface area contributed by atoms with Crippen molar-refractivity contribution in [2.75, 3.05) is 6.54 Å². The summed E-state index contributed by atoms with van der Waals surface area (Å²) in [6.45, 7) is 9.07. The van der Waals surface area contributed by atoms with Crippen LogP contribution in [0.5, 0.6) is 0 Å². The lowest BCUT2D eigenvalue weighted by Gasteiger charge is -2.13. The van der Waals surface area contributed by atoms with Gasteiger partial charge in [-0.3, -0.25) is 0 Å². The summed E-state index contributed by atoms with van der Waals surface area (Å²) in [6.07, 6.45) is 6.52. The normalized spacial score (nSPS) is 11.3. The van der Waals surface area contributed by atoms with Crippen LogP contribution >= 0.6 is 24.0 Å². The minimum Gasteiger partial charge on any atom is -0.361 e. The molecule has 0 unspecified atom stereocenters. The largest absolute Gasteiger partial charge is 0.361 e. The Bertz CT molecular complexity index is 913. The van der Waals surface area contributed by atoms with E-state index < -0.39 is 0 Å². The molecule has 0 saturated carbocycles. The fourth-order valence-corrected chi connectivity index (χ4v) is 3.38. The lowest BCUT2D eigenvalue weighted by atomic mass is 10.1. The number of rotatable bonds is 10. The highest BCUT2D eigenvalue weighted by Gasteiger charge is 2.13. The van der Waals surface area contributed by atoms with Gasteiger partial charge in [0.15, 0.2) is 5.96 Å². The van der Waals surface area contributed by atoms with Crippen LogP contribution in [0.1, 0.15) is 49.2 Å². The van der Waals surface area contributed by atoms with Gasteiger partial charge in [0.1, 0.15) is 11.6 Å². The molecule has 7 nitrogen and oxygen atoms in total. The van der Waals surface area contributed by atoms with Gasteiger partial charge in [-0.25, -0.2) is 9.98 Å². The first kappa shape index (κ1) is 24.9. The molecule has 0 aliphatic rings. The minimum absolute atomic E-state index is 0. The molecule has 2 N–H and O–H groups in total. The standard InChI is InChI=1S/C23H32N6O.HI/c1-4-20-19(21(5-2)30-28-20)16-26-23(24-6-3)27-17-22-25-13-15-29(22)14-12-18-10-8-7-9-11-18;/h7-11,13,15H,4-6,12,14,16-17H2,1-3H3,(H2,24,26,27);1H. The maximum Gasteiger partial charge on any atom is 0.191 e. The number of benzene rings is 1. The van der Waals surface area contributed by atoms with Crippen molar-refractivity contribution in [3.8, 4) is 0 Å². The van der Waals surface area contributed by atoms with E-state index in [1.165, 1.54) is 5.56 Å². The fourth-order valence-electron chi connectivity index (χ4n) is 3.38. The van der Waals surface area contributed by atoms with Gasteiger partial charge in [-0.1, -0.05) is 49.3 Å². The fraction of sp³-hybridized carbons (Fsp3) is 0.435. The van der Waals surface area contributed by atoms with Crippen LogP contribution < -0.4 is 10.6 Å². The van der Waals surface area contributed by atoms with Crippen LogP contribution in [0.2, 0.25) is 0 Å². The summed E-state index contributed by atoms with van der Waals surface area (Å²) in [4.78, 5) is 9.27. The maximum atomic E-state index is 5.45. The van der Waals surface area contributed by atoms with Gasteiger partial charge >= 0.3 is 0 Å². The van der Waals surface area contributed by atoms with Gasteiger partial charge in [-0.15, -0.1) is 24.0 Å². The highest BCUT2D eigenvalue weighted by Crippen LogP contribution is 2.16. The zero-order chi connectivity index (χ0) is 21.2. The Kier molecular flexibility index (Phi) is 10.6.